The number of carbonyl (C=O) groups is 2. The first-order chi connectivity index (χ1) is 11.6. The summed E-state index contributed by atoms with van der Waals surface area (Å²) < 4.78 is 5.55. The summed E-state index contributed by atoms with van der Waals surface area (Å²) >= 11 is 0. The Balaban J connectivity index is 1.88. The molecule has 0 spiro atoms. The van der Waals surface area contributed by atoms with Gasteiger partial charge in [0.15, 0.2) is 0 Å². The van der Waals surface area contributed by atoms with Crippen LogP contribution in [-0.2, 0) is 20.9 Å². The number of rotatable bonds is 8. The molecule has 6 heteroatoms. The van der Waals surface area contributed by atoms with Crippen LogP contribution in [0.4, 0.5) is 0 Å². The molecule has 0 aliphatic carbocycles. The van der Waals surface area contributed by atoms with Crippen molar-refractivity contribution in [2.45, 2.75) is 44.9 Å². The van der Waals surface area contributed by atoms with Crippen molar-refractivity contribution in [3.63, 3.8) is 0 Å². The first kappa shape index (κ1) is 18.4. The highest BCUT2D eigenvalue weighted by molar-refractivity contribution is 5.86. The van der Waals surface area contributed by atoms with E-state index in [9.17, 15) is 14.7 Å². The van der Waals surface area contributed by atoms with Gasteiger partial charge in [0.05, 0.1) is 6.61 Å². The van der Waals surface area contributed by atoms with E-state index in [1.54, 1.807) is 0 Å². The molecule has 0 radical (unpaired) electrons. The average Bonchev–Trinajstić information content (AvgIpc) is 2.59. The van der Waals surface area contributed by atoms with Crippen LogP contribution in [0, 0.1) is 0 Å². The topological polar surface area (TPSA) is 78.9 Å². The highest BCUT2D eigenvalue weighted by Gasteiger charge is 2.29. The predicted molar refractivity (Wildman–Crippen MR) is 90.6 cm³/mol. The van der Waals surface area contributed by atoms with Gasteiger partial charge in [-0.15, -0.1) is 0 Å². The monoisotopic (exact) mass is 334 g/mol. The summed E-state index contributed by atoms with van der Waals surface area (Å²) in [5, 5.41) is 11.8. The molecule has 1 aromatic rings. The van der Waals surface area contributed by atoms with Crippen LogP contribution in [0.1, 0.15) is 31.7 Å². The minimum absolute atomic E-state index is 0.337. The second-order valence-corrected chi connectivity index (χ2v) is 6.12. The second kappa shape index (κ2) is 9.39. The predicted octanol–water partition coefficient (Wildman–Crippen LogP) is 1.65. The standard InChI is InChI=1S/C18H26N2O4/c1-2-3-9-15(18(22)23)19-17(21)16-13-20(10-11-24-16)12-14-7-5-4-6-8-14/h4-8,15-16H,2-3,9-13H2,1H3,(H,19,21)(H,22,23). The number of nitrogens with one attached hydrogen (secondary N) is 1. The van der Waals surface area contributed by atoms with E-state index in [0.29, 0.717) is 19.6 Å². The van der Waals surface area contributed by atoms with E-state index in [4.69, 9.17) is 4.74 Å². The third-order valence-corrected chi connectivity index (χ3v) is 4.15. The number of aliphatic carboxylic acids is 1. The number of unbranched alkanes of at least 4 members (excludes halogenated alkanes) is 1. The number of ether oxygens (including phenoxy) is 1. The highest BCUT2D eigenvalue weighted by atomic mass is 16.5. The van der Waals surface area contributed by atoms with Gasteiger partial charge in [-0.3, -0.25) is 9.69 Å². The fourth-order valence-corrected chi connectivity index (χ4v) is 2.78. The van der Waals surface area contributed by atoms with Gasteiger partial charge in [0.25, 0.3) is 5.91 Å². The van der Waals surface area contributed by atoms with Gasteiger partial charge in [0, 0.05) is 19.6 Å². The fourth-order valence-electron chi connectivity index (χ4n) is 2.78. The van der Waals surface area contributed by atoms with Crippen molar-refractivity contribution in [3.05, 3.63) is 35.9 Å². The normalized spacial score (nSPS) is 19.6. The number of carbonyl (C=O) groups excluding carboxylic acids is 1. The van der Waals surface area contributed by atoms with Crippen LogP contribution in [0.5, 0.6) is 0 Å². The summed E-state index contributed by atoms with van der Waals surface area (Å²) in [6.07, 6.45) is 1.48. The molecule has 2 unspecified atom stereocenters. The highest BCUT2D eigenvalue weighted by Crippen LogP contribution is 2.11. The van der Waals surface area contributed by atoms with Gasteiger partial charge in [-0.05, 0) is 12.0 Å². The molecule has 1 aliphatic heterocycles. The van der Waals surface area contributed by atoms with E-state index in [1.165, 1.54) is 5.56 Å². The van der Waals surface area contributed by atoms with E-state index >= 15 is 0 Å². The van der Waals surface area contributed by atoms with Crippen molar-refractivity contribution in [1.29, 1.82) is 0 Å². The molecule has 1 fully saturated rings. The van der Waals surface area contributed by atoms with Crippen LogP contribution >= 0.6 is 0 Å². The van der Waals surface area contributed by atoms with Crippen LogP contribution in [0.15, 0.2) is 30.3 Å². The molecule has 24 heavy (non-hydrogen) atoms. The largest absolute Gasteiger partial charge is 0.480 e. The zero-order valence-corrected chi connectivity index (χ0v) is 14.1. The number of morpholine rings is 1. The molecule has 0 bridgehead atoms. The molecule has 0 saturated carbocycles. The summed E-state index contributed by atoms with van der Waals surface area (Å²) in [7, 11) is 0. The number of amides is 1. The first-order valence-electron chi connectivity index (χ1n) is 8.51. The molecule has 1 saturated heterocycles. The van der Waals surface area contributed by atoms with Crippen LogP contribution in [-0.4, -0.2) is 53.7 Å². The molecule has 2 N–H and O–H groups in total. The zero-order chi connectivity index (χ0) is 17.4. The maximum absolute atomic E-state index is 12.3. The maximum Gasteiger partial charge on any atom is 0.326 e. The smallest absolute Gasteiger partial charge is 0.326 e. The van der Waals surface area contributed by atoms with Gasteiger partial charge < -0.3 is 15.2 Å². The average molecular weight is 334 g/mol. The summed E-state index contributed by atoms with van der Waals surface area (Å²) in [4.78, 5) is 25.8. The Hall–Kier alpha value is -1.92. The Labute approximate surface area is 142 Å². The van der Waals surface area contributed by atoms with Gasteiger partial charge in [0.1, 0.15) is 12.1 Å². The lowest BCUT2D eigenvalue weighted by Crippen LogP contribution is -2.52. The third kappa shape index (κ3) is 5.62. The molecule has 1 aliphatic rings. The van der Waals surface area contributed by atoms with Crippen LogP contribution in [0.3, 0.4) is 0 Å². The number of benzene rings is 1. The quantitative estimate of drug-likeness (QED) is 0.756. The number of carboxylic acids is 1. The van der Waals surface area contributed by atoms with Crippen molar-refractivity contribution in [1.82, 2.24) is 10.2 Å². The number of carboxylic acid groups (broad SMARTS) is 1. The van der Waals surface area contributed by atoms with E-state index in [0.717, 1.165) is 25.9 Å². The Bertz CT molecular complexity index is 535. The van der Waals surface area contributed by atoms with Crippen molar-refractivity contribution >= 4 is 11.9 Å². The zero-order valence-electron chi connectivity index (χ0n) is 14.1. The van der Waals surface area contributed by atoms with Gasteiger partial charge >= 0.3 is 5.97 Å². The summed E-state index contributed by atoms with van der Waals surface area (Å²) in [5.74, 6) is -1.33. The van der Waals surface area contributed by atoms with Crippen LogP contribution in [0.25, 0.3) is 0 Å². The van der Waals surface area contributed by atoms with E-state index in [-0.39, 0.29) is 5.91 Å². The number of hydrogen-bond acceptors (Lipinski definition) is 4. The SMILES string of the molecule is CCCCC(NC(=O)C1CN(Cc2ccccc2)CCO1)C(=O)O. The van der Waals surface area contributed by atoms with Crippen molar-refractivity contribution in [2.24, 2.45) is 0 Å². The molecule has 2 atom stereocenters. The molecule has 6 nitrogen and oxygen atoms in total. The Morgan fingerprint density at radius 3 is 2.79 bits per heavy atom. The van der Waals surface area contributed by atoms with Crippen molar-refractivity contribution in [2.75, 3.05) is 19.7 Å². The molecular formula is C18H26N2O4. The fraction of sp³-hybridized carbons (Fsp3) is 0.556. The Morgan fingerprint density at radius 2 is 2.12 bits per heavy atom. The molecule has 0 aromatic heterocycles. The van der Waals surface area contributed by atoms with Gasteiger partial charge in [-0.2, -0.15) is 0 Å². The molecule has 1 heterocycles. The summed E-state index contributed by atoms with van der Waals surface area (Å²) in [5.41, 5.74) is 1.19. The van der Waals surface area contributed by atoms with Crippen molar-refractivity contribution < 1.29 is 19.4 Å². The lowest BCUT2D eigenvalue weighted by atomic mass is 10.1. The van der Waals surface area contributed by atoms with Crippen molar-refractivity contribution in [3.8, 4) is 0 Å². The second-order valence-electron chi connectivity index (χ2n) is 6.12. The summed E-state index contributed by atoms with van der Waals surface area (Å²) in [6.45, 7) is 4.45. The van der Waals surface area contributed by atoms with Crippen LogP contribution in [0.2, 0.25) is 0 Å². The van der Waals surface area contributed by atoms with E-state index in [2.05, 4.69) is 22.3 Å². The van der Waals surface area contributed by atoms with Crippen LogP contribution < -0.4 is 5.32 Å². The number of nitrogens with zero attached hydrogens (tertiary/aromatic N) is 1. The Morgan fingerprint density at radius 1 is 1.38 bits per heavy atom. The summed E-state index contributed by atoms with van der Waals surface area (Å²) in [6, 6.07) is 9.22. The van der Waals surface area contributed by atoms with Gasteiger partial charge in [0.2, 0.25) is 0 Å². The minimum atomic E-state index is -0.992. The molecule has 2 rings (SSSR count). The lowest BCUT2D eigenvalue weighted by molar-refractivity contribution is -0.147. The van der Waals surface area contributed by atoms with Gasteiger partial charge in [-0.1, -0.05) is 50.1 Å². The van der Waals surface area contributed by atoms with E-state index in [1.807, 2.05) is 25.1 Å². The molecular weight excluding hydrogens is 308 g/mol. The third-order valence-electron chi connectivity index (χ3n) is 4.15. The number of hydrogen-bond donors (Lipinski definition) is 2. The first-order valence-corrected chi connectivity index (χ1v) is 8.51. The minimum Gasteiger partial charge on any atom is -0.480 e. The molecule has 1 amide bonds. The molecule has 1 aromatic carbocycles. The lowest BCUT2D eigenvalue weighted by Gasteiger charge is -2.32. The van der Waals surface area contributed by atoms with E-state index < -0.39 is 18.1 Å². The van der Waals surface area contributed by atoms with Gasteiger partial charge in [-0.25, -0.2) is 4.79 Å². The molecule has 132 valence electrons. The Kier molecular flexibility index (Phi) is 7.21. The maximum atomic E-state index is 12.3.